The first-order chi connectivity index (χ1) is 12.3. The summed E-state index contributed by atoms with van der Waals surface area (Å²) >= 11 is 5.93. The molecule has 0 radical (unpaired) electrons. The van der Waals surface area contributed by atoms with Crippen LogP contribution in [0.4, 0.5) is 0 Å². The highest BCUT2D eigenvalue weighted by Crippen LogP contribution is 2.32. The van der Waals surface area contributed by atoms with Crippen LogP contribution >= 0.6 is 11.6 Å². The van der Waals surface area contributed by atoms with Crippen LogP contribution in [-0.2, 0) is 13.2 Å². The van der Waals surface area contributed by atoms with E-state index < -0.39 is 0 Å². The molecule has 1 N–H and O–H groups in total. The van der Waals surface area contributed by atoms with Gasteiger partial charge in [-0.2, -0.15) is 0 Å². The van der Waals surface area contributed by atoms with Gasteiger partial charge >= 0.3 is 0 Å². The number of aromatic nitrogens is 3. The zero-order chi connectivity index (χ0) is 17.5. The van der Waals surface area contributed by atoms with Crippen LogP contribution in [0.1, 0.15) is 18.1 Å². The van der Waals surface area contributed by atoms with Gasteiger partial charge in [0.05, 0.1) is 13.2 Å². The summed E-state index contributed by atoms with van der Waals surface area (Å²) in [7, 11) is 0. The molecular weight excluding hydrogens is 340 g/mol. The van der Waals surface area contributed by atoms with E-state index in [0.29, 0.717) is 24.8 Å². The second-order valence-electron chi connectivity index (χ2n) is 5.30. The lowest BCUT2D eigenvalue weighted by Crippen LogP contribution is -2.13. The molecule has 0 aliphatic carbocycles. The molecule has 0 aliphatic heterocycles. The lowest BCUT2D eigenvalue weighted by atomic mass is 10.2. The maximum atomic E-state index is 6.07. The zero-order valence-corrected chi connectivity index (χ0v) is 14.6. The quantitative estimate of drug-likeness (QED) is 0.666. The molecule has 0 bridgehead atoms. The number of rotatable bonds is 8. The minimum absolute atomic E-state index is 0.431. The fourth-order valence-corrected chi connectivity index (χ4v) is 2.45. The Hall–Kier alpha value is -2.73. The van der Waals surface area contributed by atoms with E-state index >= 15 is 0 Å². The van der Waals surface area contributed by atoms with Crippen molar-refractivity contribution in [3.8, 4) is 11.5 Å². The molecule has 0 atom stereocenters. The van der Waals surface area contributed by atoms with Crippen LogP contribution < -0.4 is 14.9 Å². The Morgan fingerprint density at radius 1 is 1.04 bits per heavy atom. The molecule has 3 aromatic rings. The summed E-state index contributed by atoms with van der Waals surface area (Å²) in [5.74, 6) is 1.44. The summed E-state index contributed by atoms with van der Waals surface area (Å²) in [6.45, 7) is 3.50. The average molecular weight is 359 g/mol. The summed E-state index contributed by atoms with van der Waals surface area (Å²) in [6.07, 6.45) is 3.20. The van der Waals surface area contributed by atoms with E-state index in [-0.39, 0.29) is 0 Å². The standard InChI is InChI=1S/C18H19ClN4O2/c1-2-24-17-5-3-4-15(10-22-23-12-20-21-13-23)18(17)25-11-14-6-8-16(19)9-7-14/h3-9,12-13,22H,2,10-11H2,1H3. The summed E-state index contributed by atoms with van der Waals surface area (Å²) in [6, 6.07) is 13.4. The number of halogens is 1. The third-order valence-corrected chi connectivity index (χ3v) is 3.78. The van der Waals surface area contributed by atoms with E-state index in [9.17, 15) is 0 Å². The number of nitrogens with zero attached hydrogens (tertiary/aromatic N) is 3. The third kappa shape index (κ3) is 4.64. The van der Waals surface area contributed by atoms with E-state index in [1.807, 2.05) is 49.4 Å². The monoisotopic (exact) mass is 358 g/mol. The number of ether oxygens (including phenoxy) is 2. The Morgan fingerprint density at radius 3 is 2.52 bits per heavy atom. The lowest BCUT2D eigenvalue weighted by Gasteiger charge is -2.17. The molecule has 6 nitrogen and oxygen atoms in total. The SMILES string of the molecule is CCOc1cccc(CNn2cnnc2)c1OCc1ccc(Cl)cc1. The summed E-state index contributed by atoms with van der Waals surface area (Å²) < 4.78 is 13.5. The van der Waals surface area contributed by atoms with Crippen molar-refractivity contribution in [2.75, 3.05) is 12.0 Å². The molecule has 25 heavy (non-hydrogen) atoms. The van der Waals surface area contributed by atoms with Gasteiger partial charge in [0, 0.05) is 10.6 Å². The molecule has 7 heteroatoms. The highest BCUT2D eigenvalue weighted by molar-refractivity contribution is 6.30. The van der Waals surface area contributed by atoms with Crippen molar-refractivity contribution in [2.45, 2.75) is 20.1 Å². The van der Waals surface area contributed by atoms with Crippen LogP contribution in [0.5, 0.6) is 11.5 Å². The largest absolute Gasteiger partial charge is 0.490 e. The molecule has 1 aromatic heterocycles. The Labute approximate surface area is 151 Å². The van der Waals surface area contributed by atoms with Gasteiger partial charge < -0.3 is 14.9 Å². The van der Waals surface area contributed by atoms with Gasteiger partial charge in [0.2, 0.25) is 0 Å². The van der Waals surface area contributed by atoms with E-state index in [1.165, 1.54) is 0 Å². The molecule has 0 fully saturated rings. The summed E-state index contributed by atoms with van der Waals surface area (Å²) in [4.78, 5) is 0. The maximum absolute atomic E-state index is 6.07. The van der Waals surface area contributed by atoms with Gasteiger partial charge in [0.25, 0.3) is 0 Å². The van der Waals surface area contributed by atoms with E-state index in [0.717, 1.165) is 22.6 Å². The van der Waals surface area contributed by atoms with Crippen LogP contribution in [0.3, 0.4) is 0 Å². The molecule has 0 unspecified atom stereocenters. The van der Waals surface area contributed by atoms with Crippen molar-refractivity contribution >= 4 is 11.6 Å². The van der Waals surface area contributed by atoms with Gasteiger partial charge in [-0.25, -0.2) is 4.68 Å². The second-order valence-corrected chi connectivity index (χ2v) is 5.73. The van der Waals surface area contributed by atoms with Crippen molar-refractivity contribution in [1.29, 1.82) is 0 Å². The molecule has 0 aliphatic rings. The molecule has 2 aromatic carbocycles. The maximum Gasteiger partial charge on any atom is 0.166 e. The average Bonchev–Trinajstić information content (AvgIpc) is 3.14. The summed E-state index contributed by atoms with van der Waals surface area (Å²) in [5, 5.41) is 8.25. The van der Waals surface area contributed by atoms with Gasteiger partial charge in [0.15, 0.2) is 11.5 Å². The Morgan fingerprint density at radius 2 is 1.80 bits per heavy atom. The third-order valence-electron chi connectivity index (χ3n) is 3.53. The van der Waals surface area contributed by atoms with Crippen molar-refractivity contribution in [3.63, 3.8) is 0 Å². The van der Waals surface area contributed by atoms with Gasteiger partial charge in [-0.15, -0.1) is 10.2 Å². The molecule has 0 saturated carbocycles. The van der Waals surface area contributed by atoms with Crippen molar-refractivity contribution in [2.24, 2.45) is 0 Å². The smallest absolute Gasteiger partial charge is 0.166 e. The van der Waals surface area contributed by atoms with Gasteiger partial charge in [0.1, 0.15) is 19.3 Å². The van der Waals surface area contributed by atoms with Crippen molar-refractivity contribution < 1.29 is 9.47 Å². The molecular formula is C18H19ClN4O2. The fourth-order valence-electron chi connectivity index (χ4n) is 2.33. The number of benzene rings is 2. The molecule has 1 heterocycles. The van der Waals surface area contributed by atoms with E-state index in [4.69, 9.17) is 21.1 Å². The Bertz CT molecular complexity index is 791. The number of hydrogen-bond acceptors (Lipinski definition) is 5. The molecule has 0 spiro atoms. The lowest BCUT2D eigenvalue weighted by molar-refractivity contribution is 0.267. The minimum Gasteiger partial charge on any atom is -0.490 e. The molecule has 0 saturated heterocycles. The zero-order valence-electron chi connectivity index (χ0n) is 13.9. The Balaban J connectivity index is 1.76. The highest BCUT2D eigenvalue weighted by atomic mass is 35.5. The molecule has 3 rings (SSSR count). The van der Waals surface area contributed by atoms with Crippen LogP contribution in [-0.4, -0.2) is 21.5 Å². The van der Waals surface area contributed by atoms with Gasteiger partial charge in [-0.05, 0) is 30.7 Å². The first-order valence-corrected chi connectivity index (χ1v) is 8.34. The first kappa shape index (κ1) is 17.1. The van der Waals surface area contributed by atoms with Crippen LogP contribution in [0, 0.1) is 0 Å². The second kappa shape index (κ2) is 8.39. The van der Waals surface area contributed by atoms with Crippen LogP contribution in [0.25, 0.3) is 0 Å². The molecule has 130 valence electrons. The molecule has 0 amide bonds. The Kier molecular flexibility index (Phi) is 5.74. The summed E-state index contributed by atoms with van der Waals surface area (Å²) in [5.41, 5.74) is 5.21. The van der Waals surface area contributed by atoms with Crippen LogP contribution in [0.15, 0.2) is 55.1 Å². The number of nitrogens with one attached hydrogen (secondary N) is 1. The van der Waals surface area contributed by atoms with Crippen molar-refractivity contribution in [3.05, 3.63) is 71.3 Å². The minimum atomic E-state index is 0.431. The fraction of sp³-hybridized carbons (Fsp3) is 0.222. The van der Waals surface area contributed by atoms with Gasteiger partial charge in [-0.3, -0.25) is 0 Å². The normalized spacial score (nSPS) is 10.5. The predicted octanol–water partition coefficient (Wildman–Crippen LogP) is 3.65. The van der Waals surface area contributed by atoms with E-state index in [1.54, 1.807) is 17.3 Å². The topological polar surface area (TPSA) is 61.2 Å². The van der Waals surface area contributed by atoms with Crippen LogP contribution in [0.2, 0.25) is 5.02 Å². The van der Waals surface area contributed by atoms with Crippen molar-refractivity contribution in [1.82, 2.24) is 14.9 Å². The van der Waals surface area contributed by atoms with Gasteiger partial charge in [-0.1, -0.05) is 35.9 Å². The number of para-hydroxylation sites is 1. The first-order valence-electron chi connectivity index (χ1n) is 7.96. The highest BCUT2D eigenvalue weighted by Gasteiger charge is 2.11. The number of hydrogen-bond donors (Lipinski definition) is 1. The van der Waals surface area contributed by atoms with E-state index in [2.05, 4.69) is 15.6 Å². The predicted molar refractivity (Wildman–Crippen MR) is 96.5 cm³/mol.